The van der Waals surface area contributed by atoms with E-state index in [1.807, 2.05) is 6.92 Å². The highest BCUT2D eigenvalue weighted by Gasteiger charge is 2.13. The highest BCUT2D eigenvalue weighted by Crippen LogP contribution is 2.14. The molecule has 1 aromatic rings. The molecule has 0 spiro atoms. The first-order chi connectivity index (χ1) is 8.65. The minimum absolute atomic E-state index is 0.0223. The van der Waals surface area contributed by atoms with Crippen molar-refractivity contribution < 1.29 is 14.7 Å². The van der Waals surface area contributed by atoms with Gasteiger partial charge in [-0.05, 0) is 31.9 Å². The quantitative estimate of drug-likeness (QED) is 0.752. The van der Waals surface area contributed by atoms with Crippen LogP contribution in [0.5, 0.6) is 0 Å². The van der Waals surface area contributed by atoms with Crippen LogP contribution in [0.4, 0.5) is 5.69 Å². The van der Waals surface area contributed by atoms with Gasteiger partial charge in [0.25, 0.3) is 0 Å². The molecule has 0 aliphatic carbocycles. The molecule has 0 atom stereocenters. The van der Waals surface area contributed by atoms with Gasteiger partial charge in [-0.3, -0.25) is 14.6 Å². The molecule has 0 saturated carbocycles. The highest BCUT2D eigenvalue weighted by atomic mass is 16.4. The number of rotatable bonds is 7. The molecular weight excluding hydrogens is 232 g/mol. The van der Waals surface area contributed by atoms with Crippen LogP contribution in [0.25, 0.3) is 0 Å². The molecule has 98 valence electrons. The first-order valence-electron chi connectivity index (χ1n) is 6.07. The molecule has 1 amide bonds. The summed E-state index contributed by atoms with van der Waals surface area (Å²) in [4.78, 5) is 27.9. The lowest BCUT2D eigenvalue weighted by atomic mass is 10.1. The molecule has 1 rings (SSSR count). The van der Waals surface area contributed by atoms with Crippen molar-refractivity contribution in [1.82, 2.24) is 4.98 Å². The Morgan fingerprint density at radius 3 is 2.39 bits per heavy atom. The molecule has 18 heavy (non-hydrogen) atoms. The van der Waals surface area contributed by atoms with Crippen LogP contribution in [0.15, 0.2) is 24.5 Å². The summed E-state index contributed by atoms with van der Waals surface area (Å²) in [6, 6.07) is 3.58. The number of pyridine rings is 1. The van der Waals surface area contributed by atoms with Crippen LogP contribution in [0.3, 0.4) is 0 Å². The van der Waals surface area contributed by atoms with E-state index in [-0.39, 0.29) is 12.3 Å². The van der Waals surface area contributed by atoms with E-state index in [2.05, 4.69) is 4.98 Å². The number of aromatic nitrogens is 1. The average Bonchev–Trinajstić information content (AvgIpc) is 2.36. The Bertz CT molecular complexity index is 392. The highest BCUT2D eigenvalue weighted by molar-refractivity contribution is 5.93. The Morgan fingerprint density at radius 1 is 1.22 bits per heavy atom. The third-order valence-electron chi connectivity index (χ3n) is 2.62. The number of carbonyl (C=O) groups excluding carboxylic acids is 1. The van der Waals surface area contributed by atoms with Crippen molar-refractivity contribution in [3.63, 3.8) is 0 Å². The summed E-state index contributed by atoms with van der Waals surface area (Å²) >= 11 is 0. The lowest BCUT2D eigenvalue weighted by molar-refractivity contribution is -0.137. The minimum atomic E-state index is -0.816. The van der Waals surface area contributed by atoms with Gasteiger partial charge in [-0.1, -0.05) is 0 Å². The van der Waals surface area contributed by atoms with E-state index < -0.39 is 5.97 Å². The number of anilines is 1. The van der Waals surface area contributed by atoms with Crippen LogP contribution in [-0.4, -0.2) is 28.5 Å². The van der Waals surface area contributed by atoms with Crippen LogP contribution in [-0.2, 0) is 9.59 Å². The normalized spacial score (nSPS) is 10.1. The van der Waals surface area contributed by atoms with E-state index in [4.69, 9.17) is 5.11 Å². The molecule has 0 unspecified atom stereocenters. The van der Waals surface area contributed by atoms with Crippen molar-refractivity contribution in [3.8, 4) is 0 Å². The number of amides is 1. The van der Waals surface area contributed by atoms with Crippen molar-refractivity contribution in [2.75, 3.05) is 11.4 Å². The number of hydrogen-bond acceptors (Lipinski definition) is 3. The van der Waals surface area contributed by atoms with Gasteiger partial charge in [0.05, 0.1) is 0 Å². The van der Waals surface area contributed by atoms with Gasteiger partial charge >= 0.3 is 5.97 Å². The minimum Gasteiger partial charge on any atom is -0.481 e. The maximum absolute atomic E-state index is 12.0. The first-order valence-corrected chi connectivity index (χ1v) is 6.07. The molecule has 5 heteroatoms. The molecule has 1 aromatic heterocycles. The third-order valence-corrected chi connectivity index (χ3v) is 2.62. The zero-order valence-corrected chi connectivity index (χ0v) is 10.5. The third kappa shape index (κ3) is 4.53. The summed E-state index contributed by atoms with van der Waals surface area (Å²) in [7, 11) is 0. The van der Waals surface area contributed by atoms with Crippen molar-refractivity contribution >= 4 is 17.6 Å². The van der Waals surface area contributed by atoms with Gasteiger partial charge in [-0.15, -0.1) is 0 Å². The summed E-state index contributed by atoms with van der Waals surface area (Å²) in [5, 5.41) is 8.51. The van der Waals surface area contributed by atoms with Crippen LogP contribution < -0.4 is 4.90 Å². The zero-order valence-electron chi connectivity index (χ0n) is 10.5. The number of hydrogen-bond donors (Lipinski definition) is 1. The van der Waals surface area contributed by atoms with Crippen molar-refractivity contribution in [3.05, 3.63) is 24.5 Å². The number of unbranched alkanes of at least 4 members (excludes halogenated alkanes) is 1. The summed E-state index contributed by atoms with van der Waals surface area (Å²) in [6.07, 6.45) is 4.94. The number of nitrogens with zero attached hydrogens (tertiary/aromatic N) is 2. The van der Waals surface area contributed by atoms with E-state index in [0.717, 1.165) is 5.69 Å². The second-order valence-corrected chi connectivity index (χ2v) is 3.94. The lowest BCUT2D eigenvalue weighted by Gasteiger charge is -2.20. The van der Waals surface area contributed by atoms with Gasteiger partial charge in [0.2, 0.25) is 5.91 Å². The van der Waals surface area contributed by atoms with Crippen molar-refractivity contribution in [1.29, 1.82) is 0 Å². The maximum Gasteiger partial charge on any atom is 0.303 e. The number of carboxylic acid groups (broad SMARTS) is 1. The SMILES string of the molecule is CCN(C(=O)CCCCC(=O)O)c1ccncc1. The number of carboxylic acids is 1. The first kappa shape index (κ1) is 14.2. The monoisotopic (exact) mass is 250 g/mol. The topological polar surface area (TPSA) is 70.5 Å². The summed E-state index contributed by atoms with van der Waals surface area (Å²) in [5.74, 6) is -0.794. The van der Waals surface area contributed by atoms with Crippen LogP contribution in [0.1, 0.15) is 32.6 Å². The predicted octanol–water partition coefficient (Wildman–Crippen LogP) is 2.08. The maximum atomic E-state index is 12.0. The van der Waals surface area contributed by atoms with E-state index in [1.54, 1.807) is 29.4 Å². The fourth-order valence-corrected chi connectivity index (χ4v) is 1.71. The second kappa shape index (κ2) is 7.42. The average molecular weight is 250 g/mol. The van der Waals surface area contributed by atoms with E-state index >= 15 is 0 Å². The van der Waals surface area contributed by atoms with E-state index in [1.165, 1.54) is 0 Å². The predicted molar refractivity (Wildman–Crippen MR) is 68.4 cm³/mol. The van der Waals surface area contributed by atoms with Gasteiger partial charge < -0.3 is 10.0 Å². The molecule has 0 aliphatic heterocycles. The number of aliphatic carboxylic acids is 1. The molecule has 0 radical (unpaired) electrons. The molecular formula is C13H18N2O3. The lowest BCUT2D eigenvalue weighted by Crippen LogP contribution is -2.30. The molecule has 1 heterocycles. The van der Waals surface area contributed by atoms with Gasteiger partial charge in [0, 0.05) is 37.5 Å². The van der Waals surface area contributed by atoms with Gasteiger partial charge in [-0.2, -0.15) is 0 Å². The fourth-order valence-electron chi connectivity index (χ4n) is 1.71. The van der Waals surface area contributed by atoms with E-state index in [0.29, 0.717) is 25.8 Å². The standard InChI is InChI=1S/C13H18N2O3/c1-2-15(11-7-9-14-10-8-11)12(16)5-3-4-6-13(17)18/h7-10H,2-6H2,1H3,(H,17,18). The molecule has 0 saturated heterocycles. The molecule has 0 bridgehead atoms. The Hall–Kier alpha value is -1.91. The Morgan fingerprint density at radius 2 is 1.83 bits per heavy atom. The van der Waals surface area contributed by atoms with Crippen molar-refractivity contribution in [2.24, 2.45) is 0 Å². The van der Waals surface area contributed by atoms with Crippen LogP contribution >= 0.6 is 0 Å². The molecule has 0 aromatic carbocycles. The molecule has 1 N–H and O–H groups in total. The summed E-state index contributed by atoms with van der Waals surface area (Å²) in [5.41, 5.74) is 0.829. The fraction of sp³-hybridized carbons (Fsp3) is 0.462. The second-order valence-electron chi connectivity index (χ2n) is 3.94. The van der Waals surface area contributed by atoms with Gasteiger partial charge in [-0.25, -0.2) is 0 Å². The Kier molecular flexibility index (Phi) is 5.84. The van der Waals surface area contributed by atoms with Crippen molar-refractivity contribution in [2.45, 2.75) is 32.6 Å². The summed E-state index contributed by atoms with van der Waals surface area (Å²) < 4.78 is 0. The number of carbonyl (C=O) groups is 2. The molecule has 0 aliphatic rings. The Balaban J connectivity index is 2.46. The largest absolute Gasteiger partial charge is 0.481 e. The van der Waals surface area contributed by atoms with Gasteiger partial charge in [0.1, 0.15) is 0 Å². The Labute approximate surface area is 106 Å². The molecule has 0 fully saturated rings. The smallest absolute Gasteiger partial charge is 0.303 e. The van der Waals surface area contributed by atoms with Crippen LogP contribution in [0, 0.1) is 0 Å². The van der Waals surface area contributed by atoms with Crippen LogP contribution in [0.2, 0.25) is 0 Å². The zero-order chi connectivity index (χ0) is 13.4. The summed E-state index contributed by atoms with van der Waals surface area (Å²) in [6.45, 7) is 2.51. The molecule has 5 nitrogen and oxygen atoms in total. The van der Waals surface area contributed by atoms with Gasteiger partial charge in [0.15, 0.2) is 0 Å². The van der Waals surface area contributed by atoms with E-state index in [9.17, 15) is 9.59 Å².